The molecule has 16 heavy (non-hydrogen) atoms. The molecule has 0 aromatic carbocycles. The fourth-order valence-corrected chi connectivity index (χ4v) is 2.73. The smallest absolute Gasteiger partial charge is 0.227 e. The van der Waals surface area contributed by atoms with E-state index in [2.05, 4.69) is 10.3 Å². The van der Waals surface area contributed by atoms with E-state index >= 15 is 0 Å². The Hall–Kier alpha value is -0.940. The van der Waals surface area contributed by atoms with Gasteiger partial charge in [0, 0.05) is 17.6 Å². The summed E-state index contributed by atoms with van der Waals surface area (Å²) < 4.78 is 0. The molecule has 1 aromatic heterocycles. The van der Waals surface area contributed by atoms with E-state index in [0.29, 0.717) is 6.54 Å². The maximum absolute atomic E-state index is 12.1. The number of rotatable bonds is 3. The van der Waals surface area contributed by atoms with Crippen LogP contribution in [0.2, 0.25) is 0 Å². The lowest BCUT2D eigenvalue weighted by atomic mass is 9.84. The van der Waals surface area contributed by atoms with Crippen LogP contribution in [0.25, 0.3) is 0 Å². The van der Waals surface area contributed by atoms with E-state index in [9.17, 15) is 4.79 Å². The highest BCUT2D eigenvalue weighted by atomic mass is 32.1. The van der Waals surface area contributed by atoms with E-state index in [1.165, 1.54) is 0 Å². The molecular formula is C11H17N3OS. The number of nitrogens with one attached hydrogen (secondary N) is 1. The van der Waals surface area contributed by atoms with E-state index in [-0.39, 0.29) is 11.9 Å². The van der Waals surface area contributed by atoms with Crippen molar-refractivity contribution in [1.29, 1.82) is 0 Å². The van der Waals surface area contributed by atoms with Crippen LogP contribution >= 0.6 is 11.3 Å². The van der Waals surface area contributed by atoms with Crippen LogP contribution in [0.4, 0.5) is 0 Å². The Morgan fingerprint density at radius 2 is 2.62 bits per heavy atom. The molecule has 0 aliphatic heterocycles. The van der Waals surface area contributed by atoms with Crippen LogP contribution in [-0.4, -0.2) is 16.9 Å². The minimum Gasteiger partial charge on any atom is -0.349 e. The van der Waals surface area contributed by atoms with Gasteiger partial charge in [0.1, 0.15) is 5.01 Å². The average molecular weight is 239 g/mol. The molecule has 2 atom stereocenters. The van der Waals surface area contributed by atoms with E-state index in [4.69, 9.17) is 5.73 Å². The molecule has 1 amide bonds. The van der Waals surface area contributed by atoms with Crippen molar-refractivity contribution in [3.8, 4) is 0 Å². The van der Waals surface area contributed by atoms with Gasteiger partial charge in [-0.1, -0.05) is 6.42 Å². The maximum Gasteiger partial charge on any atom is 0.227 e. The van der Waals surface area contributed by atoms with Gasteiger partial charge in [-0.25, -0.2) is 4.98 Å². The predicted molar refractivity (Wildman–Crippen MR) is 63.9 cm³/mol. The second kappa shape index (κ2) is 4.51. The summed E-state index contributed by atoms with van der Waals surface area (Å²) >= 11 is 1.55. The first-order valence-corrected chi connectivity index (χ1v) is 6.43. The van der Waals surface area contributed by atoms with Crippen molar-refractivity contribution in [3.63, 3.8) is 0 Å². The Morgan fingerprint density at radius 3 is 3.19 bits per heavy atom. The van der Waals surface area contributed by atoms with Crippen LogP contribution in [0.15, 0.2) is 11.6 Å². The number of nitrogens with two attached hydrogens (primary N) is 1. The van der Waals surface area contributed by atoms with E-state index < -0.39 is 5.41 Å². The molecule has 5 heteroatoms. The standard InChI is InChI=1S/C11H17N3OS/c1-11(4-2-3-8(11)12)10(15)14-7-9-13-5-6-16-9/h5-6,8H,2-4,7,12H2,1H3,(H,14,15). The molecule has 4 nitrogen and oxygen atoms in total. The van der Waals surface area contributed by atoms with Crippen LogP contribution in [0.3, 0.4) is 0 Å². The zero-order valence-electron chi connectivity index (χ0n) is 9.40. The molecule has 1 aliphatic rings. The van der Waals surface area contributed by atoms with Gasteiger partial charge in [-0.2, -0.15) is 0 Å². The third kappa shape index (κ3) is 2.10. The molecule has 2 rings (SSSR count). The van der Waals surface area contributed by atoms with Crippen LogP contribution in [0.1, 0.15) is 31.2 Å². The normalized spacial score (nSPS) is 29.2. The summed E-state index contributed by atoms with van der Waals surface area (Å²) in [4.78, 5) is 16.2. The lowest BCUT2D eigenvalue weighted by Gasteiger charge is -2.27. The molecule has 0 bridgehead atoms. The average Bonchev–Trinajstić information content (AvgIpc) is 2.87. The first-order chi connectivity index (χ1) is 7.63. The van der Waals surface area contributed by atoms with Crippen LogP contribution in [0, 0.1) is 5.41 Å². The fraction of sp³-hybridized carbons (Fsp3) is 0.636. The highest BCUT2D eigenvalue weighted by Crippen LogP contribution is 2.36. The van der Waals surface area contributed by atoms with Gasteiger partial charge in [0.2, 0.25) is 5.91 Å². The summed E-state index contributed by atoms with van der Waals surface area (Å²) in [6, 6.07) is -0.0104. The van der Waals surface area contributed by atoms with Crippen LogP contribution < -0.4 is 11.1 Å². The van der Waals surface area contributed by atoms with Gasteiger partial charge < -0.3 is 11.1 Å². The molecule has 1 fully saturated rings. The second-order valence-electron chi connectivity index (χ2n) is 4.52. The van der Waals surface area contributed by atoms with Gasteiger partial charge in [0.25, 0.3) is 0 Å². The Morgan fingerprint density at radius 1 is 1.81 bits per heavy atom. The molecule has 1 saturated carbocycles. The van der Waals surface area contributed by atoms with Gasteiger partial charge in [-0.3, -0.25) is 4.79 Å². The number of amides is 1. The molecule has 3 N–H and O–H groups in total. The van der Waals surface area contributed by atoms with Gasteiger partial charge >= 0.3 is 0 Å². The van der Waals surface area contributed by atoms with Crippen molar-refractivity contribution in [1.82, 2.24) is 10.3 Å². The Kier molecular flexibility index (Phi) is 3.25. The van der Waals surface area contributed by atoms with Crippen molar-refractivity contribution in [2.24, 2.45) is 11.1 Å². The lowest BCUT2D eigenvalue weighted by Crippen LogP contribution is -2.47. The van der Waals surface area contributed by atoms with Crippen molar-refractivity contribution in [3.05, 3.63) is 16.6 Å². The topological polar surface area (TPSA) is 68.0 Å². The summed E-state index contributed by atoms with van der Waals surface area (Å²) in [6.45, 7) is 2.47. The van der Waals surface area contributed by atoms with Crippen molar-refractivity contribution >= 4 is 17.2 Å². The third-order valence-electron chi connectivity index (χ3n) is 3.43. The SMILES string of the molecule is CC1(C(=O)NCc2nccs2)CCCC1N. The summed E-state index contributed by atoms with van der Waals surface area (Å²) in [5.74, 6) is 0.0627. The third-order valence-corrected chi connectivity index (χ3v) is 4.21. The largest absolute Gasteiger partial charge is 0.349 e. The molecule has 1 aromatic rings. The summed E-state index contributed by atoms with van der Waals surface area (Å²) in [5, 5.41) is 5.77. The highest BCUT2D eigenvalue weighted by molar-refractivity contribution is 7.09. The number of thiazole rings is 1. The number of carbonyl (C=O) groups excluding carboxylic acids is 1. The Bertz CT molecular complexity index is 365. The van der Waals surface area contributed by atoms with Gasteiger partial charge in [-0.15, -0.1) is 11.3 Å². The predicted octanol–water partition coefficient (Wildman–Crippen LogP) is 1.28. The molecule has 1 heterocycles. The Balaban J connectivity index is 1.93. The lowest BCUT2D eigenvalue weighted by molar-refractivity contribution is -0.130. The molecule has 0 radical (unpaired) electrons. The molecule has 0 saturated heterocycles. The number of nitrogens with zero attached hydrogens (tertiary/aromatic N) is 1. The number of hydrogen-bond acceptors (Lipinski definition) is 4. The highest BCUT2D eigenvalue weighted by Gasteiger charge is 2.42. The fourth-order valence-electron chi connectivity index (χ4n) is 2.17. The van der Waals surface area contributed by atoms with Crippen molar-refractivity contribution < 1.29 is 4.79 Å². The van der Waals surface area contributed by atoms with Gasteiger partial charge in [0.05, 0.1) is 12.0 Å². The van der Waals surface area contributed by atoms with E-state index in [0.717, 1.165) is 24.3 Å². The minimum absolute atomic E-state index is 0.0104. The monoisotopic (exact) mass is 239 g/mol. The maximum atomic E-state index is 12.1. The van der Waals surface area contributed by atoms with E-state index in [1.54, 1.807) is 17.5 Å². The van der Waals surface area contributed by atoms with Gasteiger partial charge in [0.15, 0.2) is 0 Å². The van der Waals surface area contributed by atoms with Crippen molar-refractivity contribution in [2.75, 3.05) is 0 Å². The molecular weight excluding hydrogens is 222 g/mol. The van der Waals surface area contributed by atoms with Gasteiger partial charge in [-0.05, 0) is 19.8 Å². The summed E-state index contributed by atoms with van der Waals surface area (Å²) in [6.07, 6.45) is 4.62. The zero-order chi connectivity index (χ0) is 11.6. The Labute approximate surface area is 99.3 Å². The van der Waals surface area contributed by atoms with Crippen molar-refractivity contribution in [2.45, 2.75) is 38.8 Å². The minimum atomic E-state index is -0.392. The number of carbonyl (C=O) groups is 1. The van der Waals surface area contributed by atoms with Crippen LogP contribution in [-0.2, 0) is 11.3 Å². The second-order valence-corrected chi connectivity index (χ2v) is 5.50. The summed E-state index contributed by atoms with van der Waals surface area (Å²) in [5.41, 5.74) is 5.60. The van der Waals surface area contributed by atoms with Crippen LogP contribution in [0.5, 0.6) is 0 Å². The van der Waals surface area contributed by atoms with E-state index in [1.807, 2.05) is 12.3 Å². The zero-order valence-corrected chi connectivity index (χ0v) is 10.2. The number of aromatic nitrogens is 1. The molecule has 88 valence electrons. The summed E-state index contributed by atoms with van der Waals surface area (Å²) in [7, 11) is 0. The first-order valence-electron chi connectivity index (χ1n) is 5.55. The quantitative estimate of drug-likeness (QED) is 0.835. The first kappa shape index (κ1) is 11.5. The molecule has 0 spiro atoms. The molecule has 1 aliphatic carbocycles. The number of hydrogen-bond donors (Lipinski definition) is 2. The molecule has 2 unspecified atom stereocenters.